The summed E-state index contributed by atoms with van der Waals surface area (Å²) in [6.07, 6.45) is 1.76. The van der Waals surface area contributed by atoms with E-state index in [1.54, 1.807) is 0 Å². The first-order chi connectivity index (χ1) is 7.18. The Morgan fingerprint density at radius 2 is 1.94 bits per heavy atom. The molecule has 0 radical (unpaired) electrons. The zero-order chi connectivity index (χ0) is 12.4. The molecule has 0 bridgehead atoms. The van der Waals surface area contributed by atoms with Crippen molar-refractivity contribution in [3.8, 4) is 0 Å². The van der Waals surface area contributed by atoms with E-state index in [1.807, 2.05) is 20.8 Å². The predicted octanol–water partition coefficient (Wildman–Crippen LogP) is 1.51. The summed E-state index contributed by atoms with van der Waals surface area (Å²) in [5.74, 6) is 0.193. The van der Waals surface area contributed by atoms with Gasteiger partial charge in [0.15, 0.2) is 0 Å². The average Bonchev–Trinajstić information content (AvgIpc) is 1.96. The standard InChI is InChI=1S/C11H24N2O2S.ClH/c1-9-7-10(5-6-12-9)13-16(14,15)8-11(2,3)4;/h9-10,12-13H,5-8H2,1-4H3;1H. The van der Waals surface area contributed by atoms with Gasteiger partial charge in [0, 0.05) is 12.1 Å². The first kappa shape index (κ1) is 17.2. The van der Waals surface area contributed by atoms with Crippen molar-refractivity contribution in [1.29, 1.82) is 0 Å². The van der Waals surface area contributed by atoms with E-state index in [-0.39, 0.29) is 29.6 Å². The molecule has 2 atom stereocenters. The van der Waals surface area contributed by atoms with Gasteiger partial charge in [-0.05, 0) is 31.7 Å². The molecular weight excluding hydrogens is 260 g/mol. The molecule has 0 aromatic carbocycles. The Kier molecular flexibility index (Phi) is 6.42. The largest absolute Gasteiger partial charge is 0.314 e. The van der Waals surface area contributed by atoms with Crippen LogP contribution in [0.25, 0.3) is 0 Å². The van der Waals surface area contributed by atoms with Gasteiger partial charge in [0.25, 0.3) is 0 Å². The highest BCUT2D eigenvalue weighted by Crippen LogP contribution is 2.17. The maximum Gasteiger partial charge on any atom is 0.212 e. The molecule has 0 spiro atoms. The molecule has 2 N–H and O–H groups in total. The van der Waals surface area contributed by atoms with Crippen molar-refractivity contribution < 1.29 is 8.42 Å². The maximum atomic E-state index is 11.9. The van der Waals surface area contributed by atoms with Crippen LogP contribution in [0.1, 0.15) is 40.5 Å². The molecule has 0 aliphatic carbocycles. The minimum absolute atomic E-state index is 0. The third kappa shape index (κ3) is 7.24. The van der Waals surface area contributed by atoms with Crippen LogP contribution in [-0.4, -0.2) is 32.8 Å². The van der Waals surface area contributed by atoms with Gasteiger partial charge < -0.3 is 5.32 Å². The zero-order valence-corrected chi connectivity index (χ0v) is 12.7. The smallest absolute Gasteiger partial charge is 0.212 e. The average molecular weight is 285 g/mol. The minimum atomic E-state index is -3.14. The number of rotatable bonds is 3. The van der Waals surface area contributed by atoms with Crippen LogP contribution in [0.5, 0.6) is 0 Å². The molecule has 0 aromatic heterocycles. The quantitative estimate of drug-likeness (QED) is 0.826. The van der Waals surface area contributed by atoms with Gasteiger partial charge in [0.05, 0.1) is 5.75 Å². The van der Waals surface area contributed by atoms with Gasteiger partial charge in [-0.3, -0.25) is 0 Å². The van der Waals surface area contributed by atoms with Gasteiger partial charge in [-0.15, -0.1) is 12.4 Å². The van der Waals surface area contributed by atoms with Crippen molar-refractivity contribution in [3.63, 3.8) is 0 Å². The molecule has 4 nitrogen and oxygen atoms in total. The first-order valence-corrected chi connectivity index (χ1v) is 7.56. The van der Waals surface area contributed by atoms with Crippen LogP contribution in [0.4, 0.5) is 0 Å². The number of hydrogen-bond acceptors (Lipinski definition) is 3. The van der Waals surface area contributed by atoms with Crippen molar-refractivity contribution in [2.75, 3.05) is 12.3 Å². The fourth-order valence-corrected chi connectivity index (χ4v) is 4.05. The molecule has 1 aliphatic heterocycles. The molecule has 0 amide bonds. The van der Waals surface area contributed by atoms with E-state index < -0.39 is 10.0 Å². The van der Waals surface area contributed by atoms with Crippen LogP contribution in [0.2, 0.25) is 0 Å². The first-order valence-electron chi connectivity index (χ1n) is 5.91. The van der Waals surface area contributed by atoms with Gasteiger partial charge in [0.1, 0.15) is 0 Å². The second kappa shape index (κ2) is 6.36. The lowest BCUT2D eigenvalue weighted by Gasteiger charge is -2.29. The Labute approximate surface area is 111 Å². The van der Waals surface area contributed by atoms with Crippen molar-refractivity contribution in [3.05, 3.63) is 0 Å². The summed E-state index contributed by atoms with van der Waals surface area (Å²) in [5, 5.41) is 3.31. The highest BCUT2D eigenvalue weighted by atomic mass is 35.5. The monoisotopic (exact) mass is 284 g/mol. The molecule has 104 valence electrons. The maximum absolute atomic E-state index is 11.9. The van der Waals surface area contributed by atoms with Crippen molar-refractivity contribution in [2.24, 2.45) is 5.41 Å². The van der Waals surface area contributed by atoms with E-state index in [9.17, 15) is 8.42 Å². The van der Waals surface area contributed by atoms with Crippen molar-refractivity contribution >= 4 is 22.4 Å². The minimum Gasteiger partial charge on any atom is -0.314 e. The predicted molar refractivity (Wildman–Crippen MR) is 74.1 cm³/mol. The summed E-state index contributed by atoms with van der Waals surface area (Å²) >= 11 is 0. The summed E-state index contributed by atoms with van der Waals surface area (Å²) in [5.41, 5.74) is -0.190. The molecule has 1 fully saturated rings. The van der Waals surface area contributed by atoms with E-state index in [0.717, 1.165) is 19.4 Å². The Balaban J connectivity index is 0.00000256. The summed E-state index contributed by atoms with van der Waals surface area (Å²) in [6.45, 7) is 8.81. The Hall–Kier alpha value is 0.160. The van der Waals surface area contributed by atoms with E-state index in [1.165, 1.54) is 0 Å². The zero-order valence-electron chi connectivity index (χ0n) is 11.1. The molecule has 1 rings (SSSR count). The summed E-state index contributed by atoms with van der Waals surface area (Å²) in [4.78, 5) is 0. The molecule has 1 saturated heterocycles. The van der Waals surface area contributed by atoms with E-state index >= 15 is 0 Å². The fourth-order valence-electron chi connectivity index (χ4n) is 2.10. The van der Waals surface area contributed by atoms with Crippen LogP contribution >= 0.6 is 12.4 Å². The Morgan fingerprint density at radius 3 is 2.41 bits per heavy atom. The highest BCUT2D eigenvalue weighted by Gasteiger charge is 2.26. The SMILES string of the molecule is CC1CC(NS(=O)(=O)CC(C)(C)C)CCN1.Cl. The lowest BCUT2D eigenvalue weighted by molar-refractivity contribution is 0.359. The van der Waals surface area contributed by atoms with Crippen LogP contribution in [0.3, 0.4) is 0 Å². The Morgan fingerprint density at radius 1 is 1.35 bits per heavy atom. The molecule has 0 aromatic rings. The lowest BCUT2D eigenvalue weighted by atomic mass is 10.0. The summed E-state index contributed by atoms with van der Waals surface area (Å²) < 4.78 is 26.6. The van der Waals surface area contributed by atoms with Crippen LogP contribution in [0, 0.1) is 5.41 Å². The van der Waals surface area contributed by atoms with Crippen molar-refractivity contribution in [2.45, 2.75) is 52.6 Å². The lowest BCUT2D eigenvalue weighted by Crippen LogP contribution is -2.47. The van der Waals surface area contributed by atoms with E-state index in [2.05, 4.69) is 17.0 Å². The van der Waals surface area contributed by atoms with Gasteiger partial charge in [0.2, 0.25) is 10.0 Å². The van der Waals surface area contributed by atoms with Crippen LogP contribution < -0.4 is 10.0 Å². The second-order valence-corrected chi connectivity index (χ2v) is 7.77. The van der Waals surface area contributed by atoms with Gasteiger partial charge in [-0.25, -0.2) is 13.1 Å². The third-order valence-electron chi connectivity index (χ3n) is 2.59. The number of halogens is 1. The van der Waals surface area contributed by atoms with Gasteiger partial charge >= 0.3 is 0 Å². The molecule has 2 unspecified atom stereocenters. The van der Waals surface area contributed by atoms with Gasteiger partial charge in [-0.1, -0.05) is 20.8 Å². The molecular formula is C11H25ClN2O2S. The highest BCUT2D eigenvalue weighted by molar-refractivity contribution is 7.89. The number of sulfonamides is 1. The fraction of sp³-hybridized carbons (Fsp3) is 1.00. The number of nitrogens with one attached hydrogen (secondary N) is 2. The number of piperidine rings is 1. The van der Waals surface area contributed by atoms with Crippen LogP contribution in [-0.2, 0) is 10.0 Å². The summed E-state index contributed by atoms with van der Waals surface area (Å²) in [6, 6.07) is 0.500. The third-order valence-corrected chi connectivity index (χ3v) is 4.53. The van der Waals surface area contributed by atoms with Crippen LogP contribution in [0.15, 0.2) is 0 Å². The normalized spacial score (nSPS) is 26.4. The molecule has 0 saturated carbocycles. The topological polar surface area (TPSA) is 58.2 Å². The molecule has 1 aliphatic rings. The van der Waals surface area contributed by atoms with E-state index in [4.69, 9.17) is 0 Å². The Bertz CT molecular complexity index is 325. The molecule has 6 heteroatoms. The van der Waals surface area contributed by atoms with Crippen molar-refractivity contribution in [1.82, 2.24) is 10.0 Å². The molecule has 17 heavy (non-hydrogen) atoms. The summed E-state index contributed by atoms with van der Waals surface area (Å²) in [7, 11) is -3.14. The second-order valence-electron chi connectivity index (χ2n) is 6.01. The van der Waals surface area contributed by atoms with Gasteiger partial charge in [-0.2, -0.15) is 0 Å². The molecule has 1 heterocycles. The number of hydrogen-bond donors (Lipinski definition) is 2. The van der Waals surface area contributed by atoms with E-state index in [0.29, 0.717) is 6.04 Å².